The minimum atomic E-state index is -4.00. The predicted octanol–water partition coefficient (Wildman–Crippen LogP) is 2.08. The van der Waals surface area contributed by atoms with Gasteiger partial charge < -0.3 is 5.11 Å². The van der Waals surface area contributed by atoms with Crippen molar-refractivity contribution in [3.8, 4) is 0 Å². The Morgan fingerprint density at radius 1 is 0.850 bits per heavy atom. The molecule has 0 radical (unpaired) electrons. The van der Waals surface area contributed by atoms with Gasteiger partial charge in [0.05, 0.1) is 11.0 Å². The van der Waals surface area contributed by atoms with Gasteiger partial charge in [-0.25, -0.2) is 0 Å². The van der Waals surface area contributed by atoms with Crippen LogP contribution in [0, 0.1) is 0 Å². The quantitative estimate of drug-likeness (QED) is 0.789. The Kier molecular flexibility index (Phi) is 4.54. The highest BCUT2D eigenvalue weighted by atomic mass is 32.2. The second-order valence-corrected chi connectivity index (χ2v) is 6.04. The van der Waals surface area contributed by atoms with Crippen molar-refractivity contribution in [2.24, 2.45) is 0 Å². The molecule has 0 unspecified atom stereocenters. The molecule has 0 saturated heterocycles. The highest BCUT2D eigenvalue weighted by Crippen LogP contribution is 2.20. The van der Waals surface area contributed by atoms with E-state index >= 15 is 0 Å². The summed E-state index contributed by atoms with van der Waals surface area (Å²) in [6.45, 7) is 0. The van der Waals surface area contributed by atoms with Crippen LogP contribution < -0.4 is 0 Å². The fourth-order valence-electron chi connectivity index (χ4n) is 2.13. The largest absolute Gasteiger partial charge is 0.392 e. The zero-order valence-corrected chi connectivity index (χ0v) is 11.6. The van der Waals surface area contributed by atoms with Gasteiger partial charge in [-0.2, -0.15) is 8.42 Å². The van der Waals surface area contributed by atoms with Crippen LogP contribution in [-0.2, 0) is 23.0 Å². The van der Waals surface area contributed by atoms with Crippen LogP contribution in [0.2, 0.25) is 0 Å². The lowest BCUT2D eigenvalue weighted by molar-refractivity contribution is 0.187. The molecular weight excluding hydrogens is 276 g/mol. The summed E-state index contributed by atoms with van der Waals surface area (Å²) >= 11 is 0. The molecule has 0 spiro atoms. The predicted molar refractivity (Wildman–Crippen MR) is 76.1 cm³/mol. The summed E-state index contributed by atoms with van der Waals surface area (Å²) < 4.78 is 29.2. The smallest absolute Gasteiger partial charge is 0.294 e. The van der Waals surface area contributed by atoms with E-state index in [0.717, 1.165) is 12.8 Å². The van der Waals surface area contributed by atoms with Crippen LogP contribution >= 0.6 is 0 Å². The normalized spacial score (nSPS) is 14.3. The van der Waals surface area contributed by atoms with E-state index in [1.54, 1.807) is 18.2 Å². The molecule has 3 rings (SSSR count). The van der Waals surface area contributed by atoms with Crippen LogP contribution in [0.25, 0.3) is 0 Å². The Hall–Kier alpha value is -1.69. The molecule has 1 aliphatic rings. The van der Waals surface area contributed by atoms with Crippen LogP contribution in [-0.4, -0.2) is 24.2 Å². The molecule has 0 atom stereocenters. The number of aliphatic hydroxyl groups excluding tert-OH is 1. The van der Waals surface area contributed by atoms with Gasteiger partial charge in [-0.15, -0.1) is 0 Å². The molecule has 0 saturated carbocycles. The van der Waals surface area contributed by atoms with Crippen LogP contribution in [0.1, 0.15) is 11.1 Å². The van der Waals surface area contributed by atoms with Crippen molar-refractivity contribution in [3.05, 3.63) is 65.7 Å². The van der Waals surface area contributed by atoms with E-state index in [0.29, 0.717) is 0 Å². The first kappa shape index (κ1) is 14.7. The van der Waals surface area contributed by atoms with E-state index < -0.39 is 10.1 Å². The lowest BCUT2D eigenvalue weighted by Crippen LogP contribution is -2.03. The maximum absolute atomic E-state index is 10.4. The monoisotopic (exact) mass is 292 g/mol. The number of benzene rings is 2. The van der Waals surface area contributed by atoms with E-state index in [-0.39, 0.29) is 11.0 Å². The maximum Gasteiger partial charge on any atom is 0.294 e. The Morgan fingerprint density at radius 2 is 1.30 bits per heavy atom. The SMILES string of the molecule is O=S(=O)(O)c1ccccc1.OC1Cc2ccccc2C1. The second kappa shape index (κ2) is 6.17. The van der Waals surface area contributed by atoms with E-state index in [2.05, 4.69) is 12.1 Å². The Labute approximate surface area is 118 Å². The second-order valence-electron chi connectivity index (χ2n) is 4.62. The molecule has 0 amide bonds. The Bertz CT molecular complexity index is 640. The molecule has 0 fully saturated rings. The van der Waals surface area contributed by atoms with Gasteiger partial charge in [0, 0.05) is 0 Å². The van der Waals surface area contributed by atoms with Crippen LogP contribution in [0.3, 0.4) is 0 Å². The number of hydrogen-bond donors (Lipinski definition) is 2. The zero-order chi connectivity index (χ0) is 14.6. The first-order valence-electron chi connectivity index (χ1n) is 6.24. The summed E-state index contributed by atoms with van der Waals surface area (Å²) in [5.74, 6) is 0. The van der Waals surface area contributed by atoms with Crippen molar-refractivity contribution in [1.29, 1.82) is 0 Å². The molecule has 5 heteroatoms. The first-order chi connectivity index (χ1) is 9.47. The van der Waals surface area contributed by atoms with Crippen LogP contribution in [0.5, 0.6) is 0 Å². The van der Waals surface area contributed by atoms with Gasteiger partial charge in [0.15, 0.2) is 0 Å². The minimum Gasteiger partial charge on any atom is -0.392 e. The summed E-state index contributed by atoms with van der Waals surface area (Å²) in [4.78, 5) is -0.0741. The highest BCUT2D eigenvalue weighted by molar-refractivity contribution is 7.85. The maximum atomic E-state index is 10.4. The topological polar surface area (TPSA) is 74.6 Å². The van der Waals surface area contributed by atoms with Crippen molar-refractivity contribution < 1.29 is 18.1 Å². The van der Waals surface area contributed by atoms with Crippen molar-refractivity contribution >= 4 is 10.1 Å². The number of hydrogen-bond acceptors (Lipinski definition) is 3. The van der Waals surface area contributed by atoms with Crippen molar-refractivity contribution in [2.75, 3.05) is 0 Å². The fourth-order valence-corrected chi connectivity index (χ4v) is 2.63. The van der Waals surface area contributed by atoms with Crippen LogP contribution in [0.4, 0.5) is 0 Å². The molecule has 1 aliphatic carbocycles. The van der Waals surface area contributed by atoms with Gasteiger partial charge in [-0.3, -0.25) is 4.55 Å². The van der Waals surface area contributed by atoms with E-state index in [1.165, 1.54) is 23.3 Å². The van der Waals surface area contributed by atoms with Crippen molar-refractivity contribution in [2.45, 2.75) is 23.8 Å². The van der Waals surface area contributed by atoms with Gasteiger partial charge in [0.2, 0.25) is 0 Å². The number of fused-ring (bicyclic) bond motifs is 1. The van der Waals surface area contributed by atoms with Gasteiger partial charge in [-0.1, -0.05) is 42.5 Å². The Morgan fingerprint density at radius 3 is 1.70 bits per heavy atom. The lowest BCUT2D eigenvalue weighted by atomic mass is 10.1. The average Bonchev–Trinajstić information content (AvgIpc) is 2.79. The first-order valence-corrected chi connectivity index (χ1v) is 7.68. The molecule has 2 aromatic rings. The molecule has 0 heterocycles. The summed E-state index contributed by atoms with van der Waals surface area (Å²) in [6, 6.07) is 15.6. The summed E-state index contributed by atoms with van der Waals surface area (Å²) in [5.41, 5.74) is 2.63. The molecule has 2 N–H and O–H groups in total. The molecule has 2 aromatic carbocycles. The molecule has 0 aromatic heterocycles. The third kappa shape index (κ3) is 3.90. The highest BCUT2D eigenvalue weighted by Gasteiger charge is 2.17. The molecule has 0 bridgehead atoms. The lowest BCUT2D eigenvalue weighted by Gasteiger charge is -1.93. The average molecular weight is 292 g/mol. The van der Waals surface area contributed by atoms with Crippen molar-refractivity contribution in [3.63, 3.8) is 0 Å². The third-order valence-corrected chi connectivity index (χ3v) is 3.94. The Balaban J connectivity index is 0.000000147. The summed E-state index contributed by atoms with van der Waals surface area (Å²) in [7, 11) is -4.00. The van der Waals surface area contributed by atoms with E-state index in [4.69, 9.17) is 4.55 Å². The van der Waals surface area contributed by atoms with Gasteiger partial charge in [-0.05, 0) is 36.1 Å². The minimum absolute atomic E-state index is 0.0741. The molecule has 4 nitrogen and oxygen atoms in total. The molecule has 20 heavy (non-hydrogen) atoms. The third-order valence-electron chi connectivity index (χ3n) is 3.07. The van der Waals surface area contributed by atoms with Crippen LogP contribution in [0.15, 0.2) is 59.5 Å². The van der Waals surface area contributed by atoms with E-state index in [1.807, 2.05) is 12.1 Å². The molecule has 0 aliphatic heterocycles. The van der Waals surface area contributed by atoms with Crippen molar-refractivity contribution in [1.82, 2.24) is 0 Å². The summed E-state index contributed by atoms with van der Waals surface area (Å²) in [6.07, 6.45) is 1.56. The van der Waals surface area contributed by atoms with Gasteiger partial charge in [0.25, 0.3) is 10.1 Å². The molecular formula is C15H16O4S. The summed E-state index contributed by atoms with van der Waals surface area (Å²) in [5, 5.41) is 9.25. The number of aliphatic hydroxyl groups is 1. The zero-order valence-electron chi connectivity index (χ0n) is 10.8. The standard InChI is InChI=1S/C9H10O.C6H6O3S/c10-9-5-7-3-1-2-4-8(7)6-9;7-10(8,9)6-4-2-1-3-5-6/h1-4,9-10H,5-6H2;1-5H,(H,7,8,9). The van der Waals surface area contributed by atoms with E-state index in [9.17, 15) is 13.5 Å². The number of rotatable bonds is 1. The van der Waals surface area contributed by atoms with Gasteiger partial charge in [0.1, 0.15) is 0 Å². The molecule has 106 valence electrons. The van der Waals surface area contributed by atoms with Gasteiger partial charge >= 0.3 is 0 Å². The fraction of sp³-hybridized carbons (Fsp3) is 0.200.